The van der Waals surface area contributed by atoms with Crippen LogP contribution in [0.1, 0.15) is 5.56 Å². The van der Waals surface area contributed by atoms with Crippen LogP contribution in [0, 0.1) is 6.92 Å². The summed E-state index contributed by atoms with van der Waals surface area (Å²) in [6.07, 6.45) is 1.24. The maximum absolute atomic E-state index is 12.4. The number of rotatable bonds is 1. The molecular weight excluding hydrogens is 249 g/mol. The van der Waals surface area contributed by atoms with Crippen LogP contribution in [-0.2, 0) is 10.2 Å². The number of aromatic nitrogens is 1. The van der Waals surface area contributed by atoms with Gasteiger partial charge in [0.1, 0.15) is 0 Å². The van der Waals surface area contributed by atoms with Gasteiger partial charge in [0.15, 0.2) is 5.03 Å². The minimum atomic E-state index is -4.68. The van der Waals surface area contributed by atoms with Gasteiger partial charge in [0, 0.05) is 10.7 Å². The monoisotopic (exact) mass is 253 g/mol. The Kier molecular flexibility index (Phi) is 2.48. The van der Waals surface area contributed by atoms with Crippen molar-refractivity contribution in [1.29, 1.82) is 0 Å². The van der Waals surface area contributed by atoms with E-state index in [0.29, 0.717) is 4.47 Å². The van der Waals surface area contributed by atoms with E-state index in [2.05, 4.69) is 20.9 Å². The number of halogens is 2. The number of pyridine rings is 1. The molecule has 1 rings (SSSR count). The molecule has 0 aliphatic rings. The van der Waals surface area contributed by atoms with Crippen LogP contribution in [0.5, 0.6) is 0 Å². The van der Waals surface area contributed by atoms with E-state index in [9.17, 15) is 12.3 Å². The van der Waals surface area contributed by atoms with E-state index in [4.69, 9.17) is 0 Å². The molecule has 0 radical (unpaired) electrons. The molecule has 0 N–H and O–H groups in total. The largest absolute Gasteiger partial charge is 0.350 e. The van der Waals surface area contributed by atoms with Crippen LogP contribution < -0.4 is 0 Å². The molecule has 0 fully saturated rings. The predicted molar refractivity (Wildman–Crippen MR) is 45.0 cm³/mol. The molecule has 0 spiro atoms. The topological polar surface area (TPSA) is 47.0 Å². The van der Waals surface area contributed by atoms with E-state index in [1.807, 2.05) is 0 Å². The fraction of sp³-hybridized carbons (Fsp3) is 0.167. The second-order valence-electron chi connectivity index (χ2n) is 2.21. The average Bonchev–Trinajstić information content (AvgIpc) is 1.83. The first-order chi connectivity index (χ1) is 5.41. The summed E-state index contributed by atoms with van der Waals surface area (Å²) >= 11 is 3.08. The first-order valence-corrected chi connectivity index (χ1v) is 5.16. The molecule has 1 aromatic rings. The van der Waals surface area contributed by atoms with Gasteiger partial charge in [-0.05, 0) is 34.5 Å². The quantitative estimate of drug-likeness (QED) is 0.718. The van der Waals surface area contributed by atoms with Gasteiger partial charge in [0.2, 0.25) is 0 Å². The first kappa shape index (κ1) is 9.60. The number of hydrogen-bond acceptors (Lipinski definition) is 3. The minimum Gasteiger partial charge on any atom is -0.241 e. The van der Waals surface area contributed by atoms with Crippen molar-refractivity contribution in [2.75, 3.05) is 0 Å². The highest BCUT2D eigenvalue weighted by Gasteiger charge is 2.16. The Balaban J connectivity index is 3.39. The molecule has 1 aromatic heterocycles. The van der Waals surface area contributed by atoms with Crippen molar-refractivity contribution >= 4 is 26.2 Å². The Morgan fingerprint density at radius 1 is 1.58 bits per heavy atom. The van der Waals surface area contributed by atoms with Crippen molar-refractivity contribution in [3.05, 3.63) is 22.3 Å². The summed E-state index contributed by atoms with van der Waals surface area (Å²) in [7, 11) is -4.68. The van der Waals surface area contributed by atoms with Crippen molar-refractivity contribution < 1.29 is 12.3 Å². The van der Waals surface area contributed by atoms with Crippen molar-refractivity contribution in [2.45, 2.75) is 11.9 Å². The van der Waals surface area contributed by atoms with Gasteiger partial charge in [-0.1, -0.05) is 3.89 Å². The summed E-state index contributed by atoms with van der Waals surface area (Å²) in [6, 6.07) is 1.49. The maximum atomic E-state index is 12.4. The minimum absolute atomic E-state index is 0.284. The summed E-state index contributed by atoms with van der Waals surface area (Å²) in [6.45, 7) is 1.48. The number of nitrogens with zero attached hydrogens (tertiary/aromatic N) is 1. The lowest BCUT2D eigenvalue weighted by Gasteiger charge is -1.98. The Morgan fingerprint density at radius 2 is 2.17 bits per heavy atom. The van der Waals surface area contributed by atoms with Crippen LogP contribution in [-0.4, -0.2) is 13.4 Å². The lowest BCUT2D eigenvalue weighted by Crippen LogP contribution is -1.98. The van der Waals surface area contributed by atoms with E-state index in [1.54, 1.807) is 0 Å². The van der Waals surface area contributed by atoms with Crippen LogP contribution in [0.3, 0.4) is 0 Å². The van der Waals surface area contributed by atoms with Crippen LogP contribution in [0.15, 0.2) is 21.8 Å². The van der Waals surface area contributed by atoms with Gasteiger partial charge in [0.05, 0.1) is 0 Å². The molecule has 3 nitrogen and oxygen atoms in total. The second-order valence-corrected chi connectivity index (χ2v) is 4.39. The van der Waals surface area contributed by atoms with E-state index in [1.165, 1.54) is 19.2 Å². The summed E-state index contributed by atoms with van der Waals surface area (Å²) in [5, 5.41) is -0.522. The van der Waals surface area contributed by atoms with Crippen molar-refractivity contribution in [2.24, 2.45) is 0 Å². The molecule has 0 saturated carbocycles. The van der Waals surface area contributed by atoms with E-state index >= 15 is 0 Å². The van der Waals surface area contributed by atoms with Gasteiger partial charge < -0.3 is 0 Å². The van der Waals surface area contributed by atoms with Gasteiger partial charge in [-0.15, -0.1) is 0 Å². The average molecular weight is 254 g/mol. The molecule has 0 amide bonds. The highest BCUT2D eigenvalue weighted by Crippen LogP contribution is 2.18. The molecular formula is C6H5BrFNO2S. The summed E-state index contributed by atoms with van der Waals surface area (Å²) in [5.41, 5.74) is 0.284. The van der Waals surface area contributed by atoms with E-state index in [-0.39, 0.29) is 5.56 Å². The number of aryl methyl sites for hydroxylation is 1. The van der Waals surface area contributed by atoms with E-state index < -0.39 is 15.2 Å². The lowest BCUT2D eigenvalue weighted by atomic mass is 10.3. The van der Waals surface area contributed by atoms with E-state index in [0.717, 1.165) is 0 Å². The summed E-state index contributed by atoms with van der Waals surface area (Å²) < 4.78 is 33.9. The molecule has 0 saturated heterocycles. The summed E-state index contributed by atoms with van der Waals surface area (Å²) in [4.78, 5) is 3.44. The first-order valence-electron chi connectivity index (χ1n) is 2.98. The third-order valence-corrected chi connectivity index (χ3v) is 2.55. The zero-order chi connectivity index (χ0) is 9.35. The highest BCUT2D eigenvalue weighted by molar-refractivity contribution is 9.10. The summed E-state index contributed by atoms with van der Waals surface area (Å²) in [5.74, 6) is 0. The third kappa shape index (κ3) is 2.01. The van der Waals surface area contributed by atoms with Gasteiger partial charge in [0.25, 0.3) is 0 Å². The van der Waals surface area contributed by atoms with Crippen LogP contribution >= 0.6 is 15.9 Å². The van der Waals surface area contributed by atoms with Crippen LogP contribution in [0.25, 0.3) is 0 Å². The smallest absolute Gasteiger partial charge is 0.241 e. The molecule has 0 aliphatic carbocycles. The molecule has 0 bridgehead atoms. The standard InChI is InChI=1S/C6H5BrFNO2S/c1-4-2-5(7)3-9-6(4)12(8,10)11/h2-3H,1H3. The maximum Gasteiger partial charge on any atom is 0.350 e. The van der Waals surface area contributed by atoms with Crippen molar-refractivity contribution in [3.8, 4) is 0 Å². The number of hydrogen-bond donors (Lipinski definition) is 0. The Hall–Kier alpha value is -0.490. The molecule has 1 heterocycles. The normalized spacial score (nSPS) is 11.6. The van der Waals surface area contributed by atoms with Gasteiger partial charge >= 0.3 is 10.2 Å². The molecule has 12 heavy (non-hydrogen) atoms. The zero-order valence-corrected chi connectivity index (χ0v) is 8.49. The molecule has 0 atom stereocenters. The molecule has 0 aromatic carbocycles. The van der Waals surface area contributed by atoms with Crippen LogP contribution in [0.2, 0.25) is 0 Å². The SMILES string of the molecule is Cc1cc(Br)cnc1S(=O)(=O)F. The molecule has 66 valence electrons. The lowest BCUT2D eigenvalue weighted by molar-refractivity contribution is 0.547. The van der Waals surface area contributed by atoms with Gasteiger partial charge in [-0.25, -0.2) is 4.98 Å². The highest BCUT2D eigenvalue weighted by atomic mass is 79.9. The Labute approximate surface area is 78.0 Å². The van der Waals surface area contributed by atoms with Crippen molar-refractivity contribution in [3.63, 3.8) is 0 Å². The van der Waals surface area contributed by atoms with Crippen molar-refractivity contribution in [1.82, 2.24) is 4.98 Å². The zero-order valence-electron chi connectivity index (χ0n) is 6.08. The molecule has 0 aliphatic heterocycles. The fourth-order valence-corrected chi connectivity index (χ4v) is 1.85. The van der Waals surface area contributed by atoms with Crippen LogP contribution in [0.4, 0.5) is 3.89 Å². The third-order valence-electron chi connectivity index (χ3n) is 1.23. The predicted octanol–water partition coefficient (Wildman–Crippen LogP) is 1.81. The Morgan fingerprint density at radius 3 is 2.58 bits per heavy atom. The fourth-order valence-electron chi connectivity index (χ4n) is 0.783. The molecule has 0 unspecified atom stereocenters. The van der Waals surface area contributed by atoms with Gasteiger partial charge in [-0.3, -0.25) is 0 Å². The Bertz CT molecular complexity index is 404. The van der Waals surface area contributed by atoms with Gasteiger partial charge in [-0.2, -0.15) is 8.42 Å². The second kappa shape index (κ2) is 3.10. The molecule has 6 heteroatoms.